The number of methoxy groups -OCH3 is 2. The SMILES string of the molecule is COCCOCC(COCCCCCCC(=O)NCCCCCCOP(=O)(O)OC)OCCOC. The zero-order valence-corrected chi connectivity index (χ0v) is 22.8. The molecule has 0 fully saturated rings. The first kappa shape index (κ1) is 34.4. The largest absolute Gasteiger partial charge is 0.471 e. The normalized spacial score (nSPS) is 14.1. The van der Waals surface area contributed by atoms with Crippen LogP contribution in [-0.4, -0.2) is 97.6 Å². The zero-order valence-electron chi connectivity index (χ0n) is 21.9. The molecule has 0 saturated carbocycles. The van der Waals surface area contributed by atoms with Crippen LogP contribution >= 0.6 is 7.82 Å². The van der Waals surface area contributed by atoms with E-state index in [1.165, 1.54) is 0 Å². The van der Waals surface area contributed by atoms with Gasteiger partial charge < -0.3 is 33.9 Å². The summed E-state index contributed by atoms with van der Waals surface area (Å²) in [4.78, 5) is 21.0. The van der Waals surface area contributed by atoms with E-state index in [9.17, 15) is 9.36 Å². The zero-order chi connectivity index (χ0) is 26.0. The molecule has 0 radical (unpaired) electrons. The lowest BCUT2D eigenvalue weighted by Gasteiger charge is -2.18. The summed E-state index contributed by atoms with van der Waals surface area (Å²) in [5.41, 5.74) is 0. The molecular weight excluding hydrogens is 481 g/mol. The summed E-state index contributed by atoms with van der Waals surface area (Å²) in [5, 5.41) is 2.93. The second kappa shape index (κ2) is 25.0. The molecule has 12 heteroatoms. The summed E-state index contributed by atoms with van der Waals surface area (Å²) in [6.45, 7) is 4.52. The standard InChI is InChI=1S/C23H48NO10P/c1-28-16-18-32-21-22(33-19-17-29-2)20-31-14-10-6-4-8-12-23(25)24-13-9-5-7-11-15-34-35(26,27)30-3/h22H,4-21H2,1-3H3,(H,24,25)(H,26,27). The number of amides is 1. The van der Waals surface area contributed by atoms with Gasteiger partial charge in [-0.05, 0) is 25.7 Å². The van der Waals surface area contributed by atoms with Crippen molar-refractivity contribution in [3.63, 3.8) is 0 Å². The molecule has 2 N–H and O–H groups in total. The maximum Gasteiger partial charge on any atom is 0.471 e. The highest BCUT2D eigenvalue weighted by Gasteiger charge is 2.17. The van der Waals surface area contributed by atoms with E-state index in [4.69, 9.17) is 33.1 Å². The number of hydrogen-bond donors (Lipinski definition) is 2. The number of hydrogen-bond acceptors (Lipinski definition) is 9. The Kier molecular flexibility index (Phi) is 24.6. The summed E-state index contributed by atoms with van der Waals surface area (Å²) < 4.78 is 47.2. The fourth-order valence-electron chi connectivity index (χ4n) is 2.99. The van der Waals surface area contributed by atoms with Crippen LogP contribution in [-0.2, 0) is 42.1 Å². The van der Waals surface area contributed by atoms with Gasteiger partial charge >= 0.3 is 7.82 Å². The average Bonchev–Trinajstić information content (AvgIpc) is 2.84. The molecule has 0 bridgehead atoms. The lowest BCUT2D eigenvalue weighted by atomic mass is 10.1. The van der Waals surface area contributed by atoms with E-state index in [1.54, 1.807) is 14.2 Å². The van der Waals surface area contributed by atoms with Crippen molar-refractivity contribution in [1.29, 1.82) is 0 Å². The van der Waals surface area contributed by atoms with Crippen LogP contribution in [0.1, 0.15) is 57.8 Å². The molecule has 0 aromatic rings. The maximum atomic E-state index is 11.9. The van der Waals surface area contributed by atoms with E-state index in [-0.39, 0.29) is 18.6 Å². The van der Waals surface area contributed by atoms with Crippen LogP contribution in [0.2, 0.25) is 0 Å². The molecule has 1 amide bonds. The number of unbranched alkanes of at least 4 members (excludes halogenated alkanes) is 6. The fraction of sp³-hybridized carbons (Fsp3) is 0.957. The summed E-state index contributed by atoms with van der Waals surface area (Å²) in [6, 6.07) is 0. The highest BCUT2D eigenvalue weighted by atomic mass is 31.2. The summed E-state index contributed by atoms with van der Waals surface area (Å²) in [6.07, 6.45) is 7.54. The van der Waals surface area contributed by atoms with E-state index >= 15 is 0 Å². The Morgan fingerprint density at radius 2 is 1.37 bits per heavy atom. The Bertz CT molecular complexity index is 527. The third kappa shape index (κ3) is 24.8. The molecule has 2 unspecified atom stereocenters. The van der Waals surface area contributed by atoms with Gasteiger partial charge in [0, 0.05) is 40.9 Å². The third-order valence-electron chi connectivity index (χ3n) is 5.00. The first-order valence-electron chi connectivity index (χ1n) is 12.5. The molecule has 0 aromatic heterocycles. The molecule has 0 aliphatic heterocycles. The van der Waals surface area contributed by atoms with Gasteiger partial charge in [-0.1, -0.05) is 25.7 Å². The van der Waals surface area contributed by atoms with Crippen LogP contribution in [0.3, 0.4) is 0 Å². The van der Waals surface area contributed by atoms with Gasteiger partial charge in [0.05, 0.1) is 46.2 Å². The van der Waals surface area contributed by atoms with Crippen LogP contribution in [0.5, 0.6) is 0 Å². The third-order valence-corrected chi connectivity index (χ3v) is 5.97. The van der Waals surface area contributed by atoms with Gasteiger partial charge in [-0.25, -0.2) is 4.57 Å². The van der Waals surface area contributed by atoms with Gasteiger partial charge in [0.25, 0.3) is 0 Å². The Labute approximate surface area is 211 Å². The molecule has 2 atom stereocenters. The first-order chi connectivity index (χ1) is 16.9. The Morgan fingerprint density at radius 3 is 2.06 bits per heavy atom. The predicted octanol–water partition coefficient (Wildman–Crippen LogP) is 3.09. The number of phosphoric acid groups is 1. The predicted molar refractivity (Wildman–Crippen MR) is 132 cm³/mol. The number of carbonyl (C=O) groups excluding carboxylic acids is 1. The number of carbonyl (C=O) groups is 1. The van der Waals surface area contributed by atoms with Gasteiger partial charge in [0.15, 0.2) is 0 Å². The van der Waals surface area contributed by atoms with E-state index in [0.717, 1.165) is 52.1 Å². The molecular formula is C23H48NO10P. The molecule has 0 rings (SSSR count). The fourth-order valence-corrected chi connectivity index (χ4v) is 3.45. The van der Waals surface area contributed by atoms with Crippen molar-refractivity contribution in [2.75, 3.05) is 80.7 Å². The minimum absolute atomic E-state index is 0.0791. The number of phosphoric ester groups is 1. The number of nitrogens with one attached hydrogen (secondary N) is 1. The van der Waals surface area contributed by atoms with Crippen molar-refractivity contribution in [2.45, 2.75) is 63.9 Å². The van der Waals surface area contributed by atoms with E-state index < -0.39 is 7.82 Å². The Morgan fingerprint density at radius 1 is 0.771 bits per heavy atom. The van der Waals surface area contributed by atoms with E-state index in [1.807, 2.05) is 0 Å². The molecule has 0 aliphatic rings. The molecule has 0 aliphatic carbocycles. The van der Waals surface area contributed by atoms with Crippen LogP contribution in [0.15, 0.2) is 0 Å². The Balaban J connectivity index is 3.57. The molecule has 210 valence electrons. The summed E-state index contributed by atoms with van der Waals surface area (Å²) in [7, 11) is 0.548. The lowest BCUT2D eigenvalue weighted by Crippen LogP contribution is -2.28. The van der Waals surface area contributed by atoms with Crippen LogP contribution in [0.25, 0.3) is 0 Å². The Hall–Kier alpha value is -0.620. The molecule has 11 nitrogen and oxygen atoms in total. The van der Waals surface area contributed by atoms with Crippen molar-refractivity contribution in [3.05, 3.63) is 0 Å². The maximum absolute atomic E-state index is 11.9. The lowest BCUT2D eigenvalue weighted by molar-refractivity contribution is -0.121. The molecule has 0 aromatic carbocycles. The smallest absolute Gasteiger partial charge is 0.382 e. The molecule has 0 heterocycles. The van der Waals surface area contributed by atoms with Crippen molar-refractivity contribution in [3.8, 4) is 0 Å². The van der Waals surface area contributed by atoms with Gasteiger partial charge in [-0.2, -0.15) is 0 Å². The quantitative estimate of drug-likeness (QED) is 0.121. The highest BCUT2D eigenvalue weighted by molar-refractivity contribution is 7.47. The first-order valence-corrected chi connectivity index (χ1v) is 14.0. The van der Waals surface area contributed by atoms with Crippen LogP contribution in [0.4, 0.5) is 0 Å². The summed E-state index contributed by atoms with van der Waals surface area (Å²) >= 11 is 0. The minimum Gasteiger partial charge on any atom is -0.382 e. The summed E-state index contributed by atoms with van der Waals surface area (Å²) in [5.74, 6) is 0.0791. The van der Waals surface area contributed by atoms with Crippen molar-refractivity contribution in [2.24, 2.45) is 0 Å². The minimum atomic E-state index is -3.87. The van der Waals surface area contributed by atoms with Gasteiger partial charge in [0.2, 0.25) is 5.91 Å². The number of ether oxygens (including phenoxy) is 5. The average molecular weight is 530 g/mol. The topological polar surface area (TPSA) is 131 Å². The second-order valence-corrected chi connectivity index (χ2v) is 9.60. The van der Waals surface area contributed by atoms with Crippen molar-refractivity contribution in [1.82, 2.24) is 5.32 Å². The molecule has 0 saturated heterocycles. The van der Waals surface area contributed by atoms with E-state index in [0.29, 0.717) is 65.6 Å². The highest BCUT2D eigenvalue weighted by Crippen LogP contribution is 2.41. The van der Waals surface area contributed by atoms with Crippen LogP contribution < -0.4 is 5.32 Å². The van der Waals surface area contributed by atoms with Crippen molar-refractivity contribution < 1.29 is 47.0 Å². The van der Waals surface area contributed by atoms with Gasteiger partial charge in [0.1, 0.15) is 6.10 Å². The monoisotopic (exact) mass is 529 g/mol. The molecule has 0 spiro atoms. The second-order valence-electron chi connectivity index (χ2n) is 8.04. The van der Waals surface area contributed by atoms with Crippen LogP contribution in [0, 0.1) is 0 Å². The van der Waals surface area contributed by atoms with E-state index in [2.05, 4.69) is 9.84 Å². The molecule has 35 heavy (non-hydrogen) atoms. The number of rotatable bonds is 27. The van der Waals surface area contributed by atoms with Gasteiger partial charge in [-0.15, -0.1) is 0 Å². The van der Waals surface area contributed by atoms with Gasteiger partial charge in [-0.3, -0.25) is 13.8 Å². The van der Waals surface area contributed by atoms with Crippen molar-refractivity contribution >= 4 is 13.7 Å².